The molecule has 2 aromatic heterocycles. The van der Waals surface area contributed by atoms with Crippen molar-refractivity contribution < 1.29 is 34.4 Å². The van der Waals surface area contributed by atoms with Gasteiger partial charge in [0.15, 0.2) is 5.78 Å². The molecule has 0 aliphatic heterocycles. The summed E-state index contributed by atoms with van der Waals surface area (Å²) in [4.78, 5) is 16.5. The van der Waals surface area contributed by atoms with E-state index in [1.54, 1.807) is 0 Å². The maximum atomic E-state index is 15.7. The molecule has 6 aromatic rings. The van der Waals surface area contributed by atoms with Crippen molar-refractivity contribution >= 4 is 48.1 Å². The molecule has 0 spiro atoms. The van der Waals surface area contributed by atoms with Crippen molar-refractivity contribution in [3.05, 3.63) is 114 Å². The number of nitrogens with zero attached hydrogens (tertiary/aromatic N) is 1. The Hall–Kier alpha value is -3.70. The normalized spacial score (nSPS) is 12.0. The van der Waals surface area contributed by atoms with Crippen LogP contribution in [-0.4, -0.2) is 15.9 Å². The number of fused-ring (bicyclic) bond motifs is 4. The van der Waals surface area contributed by atoms with Gasteiger partial charge in [0.05, 0.1) is 10.5 Å². The van der Waals surface area contributed by atoms with Crippen LogP contribution in [0.4, 0.5) is 4.39 Å². The van der Waals surface area contributed by atoms with E-state index in [1.165, 1.54) is 28.4 Å². The summed E-state index contributed by atoms with van der Waals surface area (Å²) < 4.78 is 17.4. The second-order valence-corrected chi connectivity index (χ2v) is 14.7. The number of aliphatic hydroxyl groups excluding tert-OH is 1. The number of benzene rings is 4. The standard InChI is InChI=1S/C31H23FNS.C13H24O2.Ir/c1-31(2,3)26-18-21(17-20-11-7-8-12-22(20)26)28-30-25(15-16-33-28)24-14-13-23(27(32)29(24)34-30)19-9-5-4-6-10-19;1-5-10(6-2)12(14)9-13(15)11(7-3)8-4;/h4-16,18H,1-3H3;9-11,14H,5-8H2,1-4H3;/q-1;;/b;12-9-;. The number of allylic oxidation sites excluding steroid dienone is 2. The second kappa shape index (κ2) is 17.0. The van der Waals surface area contributed by atoms with Gasteiger partial charge in [-0.25, -0.2) is 4.39 Å². The molecule has 1 N–H and O–H groups in total. The molecule has 0 fully saturated rings. The van der Waals surface area contributed by atoms with Crippen LogP contribution in [0, 0.1) is 23.7 Å². The van der Waals surface area contributed by atoms with E-state index in [4.69, 9.17) is 4.98 Å². The zero-order valence-corrected chi connectivity index (χ0v) is 33.3. The van der Waals surface area contributed by atoms with Gasteiger partial charge in [0.25, 0.3) is 0 Å². The first-order valence-electron chi connectivity index (χ1n) is 17.5. The molecule has 0 amide bonds. The van der Waals surface area contributed by atoms with Crippen molar-refractivity contribution in [2.75, 3.05) is 0 Å². The third kappa shape index (κ3) is 8.26. The maximum Gasteiger partial charge on any atom is 0.162 e. The summed E-state index contributed by atoms with van der Waals surface area (Å²) in [5.41, 5.74) is 4.54. The fourth-order valence-electron chi connectivity index (χ4n) is 6.52. The van der Waals surface area contributed by atoms with Crippen molar-refractivity contribution in [1.29, 1.82) is 0 Å². The minimum atomic E-state index is -0.172. The third-order valence-corrected chi connectivity index (χ3v) is 10.7. The van der Waals surface area contributed by atoms with Gasteiger partial charge in [-0.1, -0.05) is 120 Å². The van der Waals surface area contributed by atoms with Gasteiger partial charge < -0.3 is 5.11 Å². The maximum absolute atomic E-state index is 15.7. The monoisotopic (exact) mass is 865 g/mol. The number of thiophene rings is 1. The number of hydrogen-bond donors (Lipinski definition) is 1. The summed E-state index contributed by atoms with van der Waals surface area (Å²) in [6.45, 7) is 14.8. The number of halogens is 1. The predicted octanol–water partition coefficient (Wildman–Crippen LogP) is 13.0. The second-order valence-electron chi connectivity index (χ2n) is 13.7. The molecule has 0 saturated heterocycles. The summed E-state index contributed by atoms with van der Waals surface area (Å²) >= 11 is 1.48. The SMILES string of the molecule is CC(C)(C)c1cc(-c2nccc3c2sc2c(F)c(-c4ccccc4)ccc23)[c-]c2ccccc12.CCC(CC)C(=O)/C=C(\O)C(CC)CC.[Ir]. The molecule has 50 heavy (non-hydrogen) atoms. The molecule has 4 aromatic carbocycles. The van der Waals surface area contributed by atoms with Gasteiger partial charge in [-0.2, -0.15) is 0 Å². The molecule has 0 atom stereocenters. The number of pyridine rings is 1. The fraction of sp³-hybridized carbons (Fsp3) is 0.318. The Morgan fingerprint density at radius 1 is 0.840 bits per heavy atom. The Kier molecular flexibility index (Phi) is 13.3. The molecule has 263 valence electrons. The Morgan fingerprint density at radius 2 is 1.46 bits per heavy atom. The summed E-state index contributed by atoms with van der Waals surface area (Å²) in [5, 5.41) is 14.0. The Bertz CT molecular complexity index is 2100. The Labute approximate surface area is 314 Å². The topological polar surface area (TPSA) is 50.2 Å². The van der Waals surface area contributed by atoms with E-state index in [0.717, 1.165) is 63.4 Å². The number of aromatic nitrogens is 1. The molecule has 0 aliphatic carbocycles. The van der Waals surface area contributed by atoms with E-state index in [-0.39, 0.29) is 54.7 Å². The Balaban J connectivity index is 0.000000301. The molecule has 0 saturated carbocycles. The predicted molar refractivity (Wildman–Crippen MR) is 207 cm³/mol. The molecule has 0 unspecified atom stereocenters. The first kappa shape index (κ1) is 39.1. The first-order chi connectivity index (χ1) is 23.5. The number of carbonyl (C=O) groups is 1. The molecule has 1 radical (unpaired) electrons. The number of rotatable bonds is 9. The van der Waals surface area contributed by atoms with Gasteiger partial charge >= 0.3 is 0 Å². The van der Waals surface area contributed by atoms with E-state index in [0.29, 0.717) is 10.3 Å². The van der Waals surface area contributed by atoms with Crippen LogP contribution in [0.25, 0.3) is 53.3 Å². The van der Waals surface area contributed by atoms with Gasteiger partial charge in [-0.3, -0.25) is 9.78 Å². The third-order valence-electron chi connectivity index (χ3n) is 9.50. The van der Waals surface area contributed by atoms with Gasteiger partial charge in [-0.15, -0.1) is 40.5 Å². The van der Waals surface area contributed by atoms with Crippen LogP contribution < -0.4 is 0 Å². The van der Waals surface area contributed by atoms with Gasteiger partial charge in [0, 0.05) is 65.6 Å². The van der Waals surface area contributed by atoms with Crippen molar-refractivity contribution in [1.82, 2.24) is 4.98 Å². The summed E-state index contributed by atoms with van der Waals surface area (Å²) in [7, 11) is 0. The van der Waals surface area contributed by atoms with Crippen LogP contribution in [0.15, 0.2) is 96.9 Å². The minimum Gasteiger partial charge on any atom is -0.512 e. The minimum absolute atomic E-state index is 0. The molecular weight excluding hydrogens is 818 g/mol. The summed E-state index contributed by atoms with van der Waals surface area (Å²) in [6, 6.07) is 29.8. The zero-order chi connectivity index (χ0) is 35.3. The number of carbonyl (C=O) groups excluding carboxylic acids is 1. The van der Waals surface area contributed by atoms with Crippen LogP contribution in [0.2, 0.25) is 0 Å². The molecule has 6 rings (SSSR count). The van der Waals surface area contributed by atoms with Crippen LogP contribution in [0.3, 0.4) is 0 Å². The molecule has 0 aliphatic rings. The molecule has 0 bridgehead atoms. The van der Waals surface area contributed by atoms with Crippen molar-refractivity contribution in [3.8, 4) is 22.4 Å². The fourth-order valence-corrected chi connectivity index (χ4v) is 7.76. The van der Waals surface area contributed by atoms with Gasteiger partial charge in [0.1, 0.15) is 5.82 Å². The average molecular weight is 865 g/mol. The van der Waals surface area contributed by atoms with Gasteiger partial charge in [-0.05, 0) is 48.1 Å². The molecule has 2 heterocycles. The molecule has 3 nitrogen and oxygen atoms in total. The number of aliphatic hydroxyl groups is 1. The smallest absolute Gasteiger partial charge is 0.162 e. The van der Waals surface area contributed by atoms with Crippen LogP contribution in [0.5, 0.6) is 0 Å². The largest absolute Gasteiger partial charge is 0.512 e. The average Bonchev–Trinajstić information content (AvgIpc) is 3.49. The van der Waals surface area contributed by atoms with Crippen molar-refractivity contribution in [2.24, 2.45) is 11.8 Å². The zero-order valence-electron chi connectivity index (χ0n) is 30.1. The van der Waals surface area contributed by atoms with E-state index in [2.05, 4.69) is 51.1 Å². The number of ketones is 1. The van der Waals surface area contributed by atoms with E-state index < -0.39 is 0 Å². The molecule has 6 heteroatoms. The van der Waals surface area contributed by atoms with Crippen LogP contribution in [-0.2, 0) is 30.3 Å². The summed E-state index contributed by atoms with van der Waals surface area (Å²) in [5.74, 6) is 0.375. The van der Waals surface area contributed by atoms with Crippen molar-refractivity contribution in [3.63, 3.8) is 0 Å². The van der Waals surface area contributed by atoms with Crippen molar-refractivity contribution in [2.45, 2.75) is 79.6 Å². The van der Waals surface area contributed by atoms with Crippen LogP contribution in [0.1, 0.15) is 79.7 Å². The van der Waals surface area contributed by atoms with E-state index >= 15 is 4.39 Å². The van der Waals surface area contributed by atoms with E-state index in [1.807, 2.05) is 88.5 Å². The van der Waals surface area contributed by atoms with E-state index in [9.17, 15) is 9.90 Å². The quantitative estimate of drug-likeness (QED) is 0.0895. The van der Waals surface area contributed by atoms with Crippen LogP contribution >= 0.6 is 11.3 Å². The first-order valence-corrected chi connectivity index (χ1v) is 18.3. The summed E-state index contributed by atoms with van der Waals surface area (Å²) in [6.07, 6.45) is 6.73. The Morgan fingerprint density at radius 3 is 2.10 bits per heavy atom. The molecular formula is C44H47FIrNO2S-. The van der Waals surface area contributed by atoms with Gasteiger partial charge in [0.2, 0.25) is 0 Å². The number of hydrogen-bond acceptors (Lipinski definition) is 4.